The van der Waals surface area contributed by atoms with E-state index in [9.17, 15) is 13.2 Å². The van der Waals surface area contributed by atoms with E-state index in [1.54, 1.807) is 38.1 Å². The number of methoxy groups -OCH3 is 2. The highest BCUT2D eigenvalue weighted by Crippen LogP contribution is 2.28. The maximum Gasteiger partial charge on any atom is 0.264 e. The molecule has 162 valence electrons. The van der Waals surface area contributed by atoms with Gasteiger partial charge < -0.3 is 14.8 Å². The van der Waals surface area contributed by atoms with Crippen LogP contribution < -0.4 is 19.5 Å². The Balaban J connectivity index is 1.74. The molecule has 2 N–H and O–H groups in total. The zero-order valence-corrected chi connectivity index (χ0v) is 18.3. The maximum atomic E-state index is 12.6. The van der Waals surface area contributed by atoms with E-state index in [4.69, 9.17) is 9.47 Å². The first-order valence-corrected chi connectivity index (χ1v) is 10.7. The zero-order chi connectivity index (χ0) is 22.6. The number of aromatic nitrogens is 2. The minimum Gasteiger partial charge on any atom is -0.493 e. The number of carbonyl (C=O) groups is 1. The van der Waals surface area contributed by atoms with E-state index in [1.807, 2.05) is 0 Å². The summed E-state index contributed by atoms with van der Waals surface area (Å²) in [4.78, 5) is 20.7. The van der Waals surface area contributed by atoms with E-state index in [1.165, 1.54) is 38.5 Å². The second-order valence-corrected chi connectivity index (χ2v) is 8.31. The predicted molar refractivity (Wildman–Crippen MR) is 116 cm³/mol. The summed E-state index contributed by atoms with van der Waals surface area (Å²) in [7, 11) is -0.889. The maximum absolute atomic E-state index is 12.6. The molecule has 0 aliphatic heterocycles. The number of hydrogen-bond donors (Lipinski definition) is 2. The Morgan fingerprint density at radius 2 is 1.48 bits per heavy atom. The summed E-state index contributed by atoms with van der Waals surface area (Å²) in [6.07, 6.45) is 0. The summed E-state index contributed by atoms with van der Waals surface area (Å²) >= 11 is 0. The molecule has 0 saturated heterocycles. The van der Waals surface area contributed by atoms with Gasteiger partial charge in [-0.05, 0) is 62.4 Å². The number of sulfonamides is 1. The molecule has 0 radical (unpaired) electrons. The number of anilines is 2. The van der Waals surface area contributed by atoms with Crippen LogP contribution in [0.15, 0.2) is 53.4 Å². The number of nitrogens with zero attached hydrogens (tertiary/aromatic N) is 2. The number of ether oxygens (including phenoxy) is 2. The van der Waals surface area contributed by atoms with Crippen molar-refractivity contribution in [1.82, 2.24) is 9.97 Å². The van der Waals surface area contributed by atoms with Crippen molar-refractivity contribution in [2.75, 3.05) is 24.3 Å². The van der Waals surface area contributed by atoms with Crippen molar-refractivity contribution in [3.05, 3.63) is 65.5 Å². The molecule has 1 amide bonds. The molecule has 1 heterocycles. The third kappa shape index (κ3) is 5.28. The first kappa shape index (κ1) is 22.0. The molecule has 3 aromatic rings. The number of rotatable bonds is 7. The van der Waals surface area contributed by atoms with E-state index in [2.05, 4.69) is 20.0 Å². The molecule has 31 heavy (non-hydrogen) atoms. The number of hydrogen-bond acceptors (Lipinski definition) is 7. The number of amides is 1. The van der Waals surface area contributed by atoms with Crippen molar-refractivity contribution in [1.29, 1.82) is 0 Å². The third-order valence-corrected chi connectivity index (χ3v) is 5.62. The van der Waals surface area contributed by atoms with Gasteiger partial charge in [-0.15, -0.1) is 0 Å². The van der Waals surface area contributed by atoms with Crippen LogP contribution >= 0.6 is 0 Å². The van der Waals surface area contributed by atoms with Crippen LogP contribution in [0.25, 0.3) is 0 Å². The van der Waals surface area contributed by atoms with Crippen LogP contribution in [0.1, 0.15) is 21.7 Å². The highest BCUT2D eigenvalue weighted by Gasteiger charge is 2.17. The highest BCUT2D eigenvalue weighted by atomic mass is 32.2. The molecule has 3 rings (SSSR count). The lowest BCUT2D eigenvalue weighted by Crippen LogP contribution is -2.16. The lowest BCUT2D eigenvalue weighted by atomic mass is 10.2. The van der Waals surface area contributed by atoms with Crippen LogP contribution in [-0.4, -0.2) is 38.5 Å². The predicted octanol–water partition coefficient (Wildman–Crippen LogP) is 3.16. The van der Waals surface area contributed by atoms with E-state index < -0.39 is 10.0 Å². The van der Waals surface area contributed by atoms with E-state index in [-0.39, 0.29) is 16.8 Å². The number of nitrogens with one attached hydrogen (secondary N) is 2. The lowest BCUT2D eigenvalue weighted by Gasteiger charge is -2.11. The molecule has 0 bridgehead atoms. The van der Waals surface area contributed by atoms with Crippen molar-refractivity contribution in [2.24, 2.45) is 0 Å². The first-order chi connectivity index (χ1) is 14.7. The third-order valence-electron chi connectivity index (χ3n) is 4.28. The van der Waals surface area contributed by atoms with E-state index in [0.29, 0.717) is 34.1 Å². The molecule has 0 atom stereocenters. The van der Waals surface area contributed by atoms with Gasteiger partial charge in [-0.2, -0.15) is 0 Å². The van der Waals surface area contributed by atoms with Gasteiger partial charge in [0.2, 0.25) is 5.95 Å². The second kappa shape index (κ2) is 9.00. The smallest absolute Gasteiger partial charge is 0.264 e. The summed E-state index contributed by atoms with van der Waals surface area (Å²) in [6, 6.07) is 12.3. The van der Waals surface area contributed by atoms with Crippen molar-refractivity contribution >= 4 is 27.6 Å². The minimum absolute atomic E-state index is 0.00309. The molecule has 0 fully saturated rings. The van der Waals surface area contributed by atoms with Gasteiger partial charge in [-0.25, -0.2) is 23.1 Å². The van der Waals surface area contributed by atoms with Gasteiger partial charge in [-0.3, -0.25) is 4.79 Å². The van der Waals surface area contributed by atoms with Crippen LogP contribution in [0.4, 0.5) is 11.6 Å². The van der Waals surface area contributed by atoms with Crippen LogP contribution in [-0.2, 0) is 10.0 Å². The summed E-state index contributed by atoms with van der Waals surface area (Å²) in [5.74, 6) is 0.562. The fourth-order valence-corrected chi connectivity index (χ4v) is 3.79. The highest BCUT2D eigenvalue weighted by molar-refractivity contribution is 7.92. The van der Waals surface area contributed by atoms with Crippen LogP contribution in [0.2, 0.25) is 0 Å². The molecule has 0 aliphatic carbocycles. The standard InChI is InChI=1S/C21H22N4O5S/c1-13-11-14(2)23-21(22-13)25-31(27,28)17-8-6-16(7-9-17)24-20(26)15-5-10-18(29-3)19(12-15)30-4/h5-12H,1-4H3,(H,24,26)(H,22,23,25). The van der Waals surface area contributed by atoms with Gasteiger partial charge >= 0.3 is 0 Å². The SMILES string of the molecule is COc1ccc(C(=O)Nc2ccc(S(=O)(=O)Nc3nc(C)cc(C)n3)cc2)cc1OC. The van der Waals surface area contributed by atoms with Crippen LogP contribution in [0.5, 0.6) is 11.5 Å². The molecule has 1 aromatic heterocycles. The topological polar surface area (TPSA) is 120 Å². The monoisotopic (exact) mass is 442 g/mol. The normalized spacial score (nSPS) is 11.0. The van der Waals surface area contributed by atoms with Crippen molar-refractivity contribution in [3.63, 3.8) is 0 Å². The number of aryl methyl sites for hydroxylation is 2. The average molecular weight is 442 g/mol. The Hall–Kier alpha value is -3.66. The molecular weight excluding hydrogens is 420 g/mol. The van der Waals surface area contributed by atoms with E-state index >= 15 is 0 Å². The summed E-state index contributed by atoms with van der Waals surface area (Å²) < 4.78 is 37.9. The van der Waals surface area contributed by atoms with Crippen molar-refractivity contribution < 1.29 is 22.7 Å². The molecule has 2 aromatic carbocycles. The molecular formula is C21H22N4O5S. The minimum atomic E-state index is -3.88. The van der Waals surface area contributed by atoms with Gasteiger partial charge in [0.15, 0.2) is 11.5 Å². The summed E-state index contributed by atoms with van der Waals surface area (Å²) in [5.41, 5.74) is 2.10. The first-order valence-electron chi connectivity index (χ1n) is 9.20. The van der Waals surface area contributed by atoms with Gasteiger partial charge in [-0.1, -0.05) is 0 Å². The fraction of sp³-hybridized carbons (Fsp3) is 0.190. The number of benzene rings is 2. The van der Waals surface area contributed by atoms with Crippen molar-refractivity contribution in [3.8, 4) is 11.5 Å². The largest absolute Gasteiger partial charge is 0.493 e. The average Bonchev–Trinajstić information content (AvgIpc) is 2.72. The molecule has 9 nitrogen and oxygen atoms in total. The fourth-order valence-electron chi connectivity index (χ4n) is 2.85. The summed E-state index contributed by atoms with van der Waals surface area (Å²) in [5, 5.41) is 2.72. The van der Waals surface area contributed by atoms with E-state index in [0.717, 1.165) is 0 Å². The Bertz CT molecular complexity index is 1190. The molecule has 10 heteroatoms. The van der Waals surface area contributed by atoms with Gasteiger partial charge in [0.05, 0.1) is 19.1 Å². The quantitative estimate of drug-likeness (QED) is 0.577. The molecule has 0 unspecified atom stereocenters. The second-order valence-electron chi connectivity index (χ2n) is 6.63. The number of carbonyl (C=O) groups excluding carboxylic acids is 1. The Morgan fingerprint density at radius 3 is 2.06 bits per heavy atom. The molecule has 0 aliphatic rings. The molecule has 0 spiro atoms. The molecule has 0 saturated carbocycles. The zero-order valence-electron chi connectivity index (χ0n) is 17.5. The van der Waals surface area contributed by atoms with Gasteiger partial charge in [0.25, 0.3) is 15.9 Å². The van der Waals surface area contributed by atoms with Gasteiger partial charge in [0, 0.05) is 22.6 Å². The van der Waals surface area contributed by atoms with Gasteiger partial charge in [0.1, 0.15) is 0 Å². The Kier molecular flexibility index (Phi) is 6.40. The van der Waals surface area contributed by atoms with Crippen LogP contribution in [0, 0.1) is 13.8 Å². The summed E-state index contributed by atoms with van der Waals surface area (Å²) in [6.45, 7) is 3.50. The Labute approximate surface area is 180 Å². The Morgan fingerprint density at radius 1 is 0.871 bits per heavy atom. The van der Waals surface area contributed by atoms with Crippen molar-refractivity contribution in [2.45, 2.75) is 18.7 Å². The van der Waals surface area contributed by atoms with Crippen LogP contribution in [0.3, 0.4) is 0 Å². The lowest BCUT2D eigenvalue weighted by molar-refractivity contribution is 0.102.